The number of nitrogens with one attached hydrogen (secondary N) is 1. The molecular weight excluding hydrogens is 294 g/mol. The van der Waals surface area contributed by atoms with Crippen LogP contribution in [0.15, 0.2) is 12.4 Å². The zero-order valence-corrected chi connectivity index (χ0v) is 13.9. The zero-order chi connectivity index (χ0) is 16.4. The van der Waals surface area contributed by atoms with Gasteiger partial charge in [-0.1, -0.05) is 0 Å². The van der Waals surface area contributed by atoms with E-state index >= 15 is 0 Å². The van der Waals surface area contributed by atoms with Crippen LogP contribution >= 0.6 is 0 Å². The SMILES string of the molecule is Cc1nn(C)c(C)c1CC(=O)Nc1cnn(CC2CCCO2)c1. The number of hydrogen-bond acceptors (Lipinski definition) is 4. The molecule has 7 nitrogen and oxygen atoms in total. The molecule has 3 rings (SSSR count). The molecule has 1 fully saturated rings. The van der Waals surface area contributed by atoms with Crippen LogP contribution in [0, 0.1) is 13.8 Å². The number of aromatic nitrogens is 4. The van der Waals surface area contributed by atoms with Gasteiger partial charge in [-0.15, -0.1) is 0 Å². The Morgan fingerprint density at radius 3 is 2.96 bits per heavy atom. The highest BCUT2D eigenvalue weighted by atomic mass is 16.5. The van der Waals surface area contributed by atoms with E-state index in [-0.39, 0.29) is 12.0 Å². The maximum Gasteiger partial charge on any atom is 0.229 e. The van der Waals surface area contributed by atoms with E-state index in [0.717, 1.165) is 42.9 Å². The van der Waals surface area contributed by atoms with Gasteiger partial charge >= 0.3 is 0 Å². The molecule has 124 valence electrons. The van der Waals surface area contributed by atoms with Crippen molar-refractivity contribution in [3.63, 3.8) is 0 Å². The number of ether oxygens (including phenoxy) is 1. The number of hydrogen-bond donors (Lipinski definition) is 1. The van der Waals surface area contributed by atoms with Crippen LogP contribution in [-0.2, 0) is 29.5 Å². The molecule has 1 atom stereocenters. The molecule has 0 bridgehead atoms. The molecule has 2 aromatic heterocycles. The summed E-state index contributed by atoms with van der Waals surface area (Å²) in [5, 5.41) is 11.5. The number of carbonyl (C=O) groups excluding carboxylic acids is 1. The Labute approximate surface area is 135 Å². The number of nitrogens with zero attached hydrogens (tertiary/aromatic N) is 4. The summed E-state index contributed by atoms with van der Waals surface area (Å²) in [7, 11) is 1.89. The van der Waals surface area contributed by atoms with Crippen molar-refractivity contribution in [2.45, 2.75) is 45.8 Å². The van der Waals surface area contributed by atoms with Gasteiger partial charge < -0.3 is 10.1 Å². The predicted octanol–water partition coefficient (Wildman–Crippen LogP) is 1.59. The molecular formula is C16H23N5O2. The Hall–Kier alpha value is -2.15. The molecule has 0 aliphatic carbocycles. The lowest BCUT2D eigenvalue weighted by Gasteiger charge is -2.08. The molecule has 1 aliphatic heterocycles. The monoisotopic (exact) mass is 317 g/mol. The molecule has 1 saturated heterocycles. The number of carbonyl (C=O) groups is 1. The molecule has 0 saturated carbocycles. The first-order chi connectivity index (χ1) is 11.0. The van der Waals surface area contributed by atoms with Gasteiger partial charge in [0.1, 0.15) is 0 Å². The summed E-state index contributed by atoms with van der Waals surface area (Å²) in [6, 6.07) is 0. The first-order valence-corrected chi connectivity index (χ1v) is 7.96. The number of rotatable bonds is 5. The van der Waals surface area contributed by atoms with Crippen LogP contribution in [0.4, 0.5) is 5.69 Å². The third-order valence-corrected chi connectivity index (χ3v) is 4.33. The van der Waals surface area contributed by atoms with Crippen molar-refractivity contribution >= 4 is 11.6 Å². The largest absolute Gasteiger partial charge is 0.376 e. The maximum absolute atomic E-state index is 12.2. The second kappa shape index (κ2) is 6.54. The fraction of sp³-hybridized carbons (Fsp3) is 0.562. The summed E-state index contributed by atoms with van der Waals surface area (Å²) >= 11 is 0. The van der Waals surface area contributed by atoms with E-state index in [9.17, 15) is 4.79 Å². The molecule has 1 unspecified atom stereocenters. The third-order valence-electron chi connectivity index (χ3n) is 4.33. The van der Waals surface area contributed by atoms with E-state index in [4.69, 9.17) is 4.74 Å². The van der Waals surface area contributed by atoms with E-state index < -0.39 is 0 Å². The summed E-state index contributed by atoms with van der Waals surface area (Å²) in [5.74, 6) is -0.0548. The molecule has 0 radical (unpaired) electrons. The van der Waals surface area contributed by atoms with Gasteiger partial charge in [0, 0.05) is 31.1 Å². The highest BCUT2D eigenvalue weighted by Crippen LogP contribution is 2.16. The molecule has 0 aromatic carbocycles. The second-order valence-corrected chi connectivity index (χ2v) is 6.08. The minimum Gasteiger partial charge on any atom is -0.376 e. The minimum atomic E-state index is -0.0548. The van der Waals surface area contributed by atoms with Gasteiger partial charge in [0.05, 0.1) is 36.6 Å². The first-order valence-electron chi connectivity index (χ1n) is 7.96. The Morgan fingerprint density at radius 2 is 2.30 bits per heavy atom. The summed E-state index contributed by atoms with van der Waals surface area (Å²) in [6.07, 6.45) is 6.26. The summed E-state index contributed by atoms with van der Waals surface area (Å²) < 4.78 is 9.23. The van der Waals surface area contributed by atoms with Crippen LogP contribution in [0.5, 0.6) is 0 Å². The number of aryl methyl sites for hydroxylation is 2. The highest BCUT2D eigenvalue weighted by molar-refractivity contribution is 5.92. The van der Waals surface area contributed by atoms with E-state index in [1.165, 1.54) is 0 Å². The quantitative estimate of drug-likeness (QED) is 0.909. The lowest BCUT2D eigenvalue weighted by atomic mass is 10.1. The fourth-order valence-corrected chi connectivity index (χ4v) is 2.96. The standard InChI is InChI=1S/C16H23N5O2/c1-11-15(12(2)20(3)19-11)7-16(22)18-13-8-17-21(9-13)10-14-5-4-6-23-14/h8-9,14H,4-7,10H2,1-3H3,(H,18,22). The Morgan fingerprint density at radius 1 is 1.48 bits per heavy atom. The molecule has 3 heterocycles. The Bertz CT molecular complexity index is 697. The topological polar surface area (TPSA) is 74.0 Å². The zero-order valence-electron chi connectivity index (χ0n) is 13.9. The normalized spacial score (nSPS) is 17.6. The highest BCUT2D eigenvalue weighted by Gasteiger charge is 2.17. The van der Waals surface area contributed by atoms with Crippen LogP contribution in [0.25, 0.3) is 0 Å². The van der Waals surface area contributed by atoms with Gasteiger partial charge in [0.25, 0.3) is 0 Å². The van der Waals surface area contributed by atoms with Crippen LogP contribution in [0.2, 0.25) is 0 Å². The van der Waals surface area contributed by atoms with Crippen molar-refractivity contribution in [2.75, 3.05) is 11.9 Å². The van der Waals surface area contributed by atoms with Gasteiger partial charge in [-0.25, -0.2) is 0 Å². The number of anilines is 1. The van der Waals surface area contributed by atoms with Crippen LogP contribution in [0.3, 0.4) is 0 Å². The molecule has 7 heteroatoms. The van der Waals surface area contributed by atoms with Crippen LogP contribution in [-0.4, -0.2) is 38.2 Å². The van der Waals surface area contributed by atoms with Crippen molar-refractivity contribution < 1.29 is 9.53 Å². The average molecular weight is 317 g/mol. The van der Waals surface area contributed by atoms with Gasteiger partial charge in [-0.3, -0.25) is 14.2 Å². The van der Waals surface area contributed by atoms with Crippen LogP contribution < -0.4 is 5.32 Å². The van der Waals surface area contributed by atoms with E-state index in [1.54, 1.807) is 10.9 Å². The van der Waals surface area contributed by atoms with E-state index in [0.29, 0.717) is 12.1 Å². The average Bonchev–Trinajstić information content (AvgIpc) is 3.20. The van der Waals surface area contributed by atoms with E-state index in [2.05, 4.69) is 15.5 Å². The van der Waals surface area contributed by atoms with Gasteiger partial charge in [-0.2, -0.15) is 10.2 Å². The molecule has 23 heavy (non-hydrogen) atoms. The van der Waals surface area contributed by atoms with Crippen LogP contribution in [0.1, 0.15) is 29.8 Å². The molecule has 2 aromatic rings. The van der Waals surface area contributed by atoms with Gasteiger partial charge in [0.15, 0.2) is 0 Å². The Kier molecular flexibility index (Phi) is 4.47. The lowest BCUT2D eigenvalue weighted by molar-refractivity contribution is -0.115. The second-order valence-electron chi connectivity index (χ2n) is 6.08. The van der Waals surface area contributed by atoms with Crippen molar-refractivity contribution in [3.8, 4) is 0 Å². The summed E-state index contributed by atoms with van der Waals surface area (Å²) in [4.78, 5) is 12.2. The Balaban J connectivity index is 1.58. The third kappa shape index (κ3) is 3.61. The minimum absolute atomic E-state index is 0.0548. The molecule has 1 amide bonds. The summed E-state index contributed by atoms with van der Waals surface area (Å²) in [5.41, 5.74) is 3.62. The van der Waals surface area contributed by atoms with E-state index in [1.807, 2.05) is 31.8 Å². The van der Waals surface area contributed by atoms with Crippen molar-refractivity contribution in [3.05, 3.63) is 29.3 Å². The van der Waals surface area contributed by atoms with Gasteiger partial charge in [0.2, 0.25) is 5.91 Å². The molecule has 0 spiro atoms. The lowest BCUT2D eigenvalue weighted by Crippen LogP contribution is -2.16. The maximum atomic E-state index is 12.2. The predicted molar refractivity (Wildman–Crippen MR) is 86.2 cm³/mol. The smallest absolute Gasteiger partial charge is 0.229 e. The van der Waals surface area contributed by atoms with Crippen molar-refractivity contribution in [1.29, 1.82) is 0 Å². The van der Waals surface area contributed by atoms with Gasteiger partial charge in [-0.05, 0) is 26.7 Å². The fourth-order valence-electron chi connectivity index (χ4n) is 2.96. The molecule has 1 N–H and O–H groups in total. The van der Waals surface area contributed by atoms with Crippen molar-refractivity contribution in [1.82, 2.24) is 19.6 Å². The first kappa shape index (κ1) is 15.7. The molecule has 1 aliphatic rings. The summed E-state index contributed by atoms with van der Waals surface area (Å²) in [6.45, 7) is 5.47. The number of amides is 1. The van der Waals surface area contributed by atoms with Crippen molar-refractivity contribution in [2.24, 2.45) is 7.05 Å².